The summed E-state index contributed by atoms with van der Waals surface area (Å²) in [6, 6.07) is 12.6. The van der Waals surface area contributed by atoms with Crippen molar-refractivity contribution in [1.82, 2.24) is 0 Å². The summed E-state index contributed by atoms with van der Waals surface area (Å²) in [5.74, 6) is 2.32. The molecule has 4 aliphatic rings. The van der Waals surface area contributed by atoms with Crippen LogP contribution in [0.15, 0.2) is 48.5 Å². The van der Waals surface area contributed by atoms with E-state index in [1.807, 2.05) is 0 Å². The molecular formula is C22H22N2O6. The molecule has 0 N–H and O–H groups in total. The first-order chi connectivity index (χ1) is 14.3. The molecule has 30 heavy (non-hydrogen) atoms. The first-order valence-electron chi connectivity index (χ1n) is 10.2. The van der Waals surface area contributed by atoms with Gasteiger partial charge in [-0.1, -0.05) is 0 Å². The summed E-state index contributed by atoms with van der Waals surface area (Å²) in [6.45, 7) is 0. The van der Waals surface area contributed by atoms with Crippen LogP contribution in [0.3, 0.4) is 0 Å². The number of ether oxygens (including phenoxy) is 2. The van der Waals surface area contributed by atoms with E-state index in [-0.39, 0.29) is 22.6 Å². The van der Waals surface area contributed by atoms with Crippen LogP contribution >= 0.6 is 0 Å². The van der Waals surface area contributed by atoms with Crippen molar-refractivity contribution in [2.75, 3.05) is 0 Å². The molecule has 4 saturated carbocycles. The molecule has 0 unspecified atom stereocenters. The van der Waals surface area contributed by atoms with Crippen molar-refractivity contribution in [3.63, 3.8) is 0 Å². The zero-order chi connectivity index (χ0) is 20.9. The Kier molecular flexibility index (Phi) is 4.20. The summed E-state index contributed by atoms with van der Waals surface area (Å²) in [7, 11) is 0. The highest BCUT2D eigenvalue weighted by Gasteiger charge is 2.60. The number of nitro benzene ring substituents is 2. The van der Waals surface area contributed by atoms with Crippen molar-refractivity contribution in [3.05, 3.63) is 68.8 Å². The van der Waals surface area contributed by atoms with Crippen LogP contribution in [0.1, 0.15) is 38.5 Å². The molecule has 0 amide bonds. The highest BCUT2D eigenvalue weighted by molar-refractivity contribution is 5.38. The van der Waals surface area contributed by atoms with Gasteiger partial charge in [-0.25, -0.2) is 0 Å². The van der Waals surface area contributed by atoms with E-state index in [0.29, 0.717) is 23.3 Å². The highest BCUT2D eigenvalue weighted by atomic mass is 16.6. The van der Waals surface area contributed by atoms with Crippen molar-refractivity contribution in [3.8, 4) is 11.5 Å². The molecule has 0 aromatic heterocycles. The predicted octanol–water partition coefficient (Wildman–Crippen LogP) is 5.05. The Hall–Kier alpha value is -3.16. The molecule has 8 heteroatoms. The molecule has 0 atom stereocenters. The monoisotopic (exact) mass is 410 g/mol. The number of benzene rings is 2. The average molecular weight is 410 g/mol. The largest absolute Gasteiger partial charge is 0.487 e. The second-order valence-corrected chi connectivity index (χ2v) is 9.03. The zero-order valence-corrected chi connectivity index (χ0v) is 16.4. The van der Waals surface area contributed by atoms with Crippen molar-refractivity contribution in [2.45, 2.75) is 49.7 Å². The smallest absolute Gasteiger partial charge is 0.269 e. The Morgan fingerprint density at radius 1 is 0.700 bits per heavy atom. The SMILES string of the molecule is O=[N+]([O-])c1ccc(OC23CC4CC(C2)CC(Oc2ccc([N+](=O)[O-])cc2)(C4)C3)cc1. The highest BCUT2D eigenvalue weighted by Crippen LogP contribution is 2.60. The van der Waals surface area contributed by atoms with E-state index in [0.717, 1.165) is 32.1 Å². The van der Waals surface area contributed by atoms with Crippen LogP contribution in [0.4, 0.5) is 11.4 Å². The van der Waals surface area contributed by atoms with Gasteiger partial charge in [0, 0.05) is 30.7 Å². The molecule has 2 aromatic carbocycles. The third kappa shape index (κ3) is 3.36. The first kappa shape index (κ1) is 18.8. The van der Waals surface area contributed by atoms with Gasteiger partial charge in [0.25, 0.3) is 11.4 Å². The van der Waals surface area contributed by atoms with Gasteiger partial charge >= 0.3 is 0 Å². The lowest BCUT2D eigenvalue weighted by Crippen LogP contribution is -2.63. The molecular weight excluding hydrogens is 388 g/mol. The molecule has 8 nitrogen and oxygen atoms in total. The topological polar surface area (TPSA) is 105 Å². The van der Waals surface area contributed by atoms with Gasteiger partial charge in [0.2, 0.25) is 0 Å². The normalized spacial score (nSPS) is 31.3. The van der Waals surface area contributed by atoms with Crippen molar-refractivity contribution in [1.29, 1.82) is 0 Å². The number of hydrogen-bond donors (Lipinski definition) is 0. The second-order valence-electron chi connectivity index (χ2n) is 9.03. The number of nitrogens with zero attached hydrogens (tertiary/aromatic N) is 2. The fraction of sp³-hybridized carbons (Fsp3) is 0.455. The van der Waals surface area contributed by atoms with Crippen LogP contribution in [0.25, 0.3) is 0 Å². The molecule has 2 aromatic rings. The van der Waals surface area contributed by atoms with E-state index in [1.165, 1.54) is 30.7 Å². The minimum Gasteiger partial charge on any atom is -0.487 e. The molecule has 0 radical (unpaired) electrons. The van der Waals surface area contributed by atoms with Gasteiger partial charge in [0.15, 0.2) is 0 Å². The minimum atomic E-state index is -0.415. The van der Waals surface area contributed by atoms with Crippen LogP contribution in [0.2, 0.25) is 0 Å². The van der Waals surface area contributed by atoms with Crippen LogP contribution < -0.4 is 9.47 Å². The molecule has 4 aliphatic carbocycles. The predicted molar refractivity (Wildman–Crippen MR) is 108 cm³/mol. The molecule has 0 heterocycles. The van der Waals surface area contributed by atoms with Crippen LogP contribution in [0.5, 0.6) is 11.5 Å². The maximum atomic E-state index is 10.9. The van der Waals surface area contributed by atoms with Gasteiger partial charge in [-0.2, -0.15) is 0 Å². The maximum absolute atomic E-state index is 10.9. The lowest BCUT2D eigenvalue weighted by molar-refractivity contribution is -0.385. The van der Waals surface area contributed by atoms with E-state index >= 15 is 0 Å². The molecule has 4 fully saturated rings. The minimum absolute atomic E-state index is 0.0471. The van der Waals surface area contributed by atoms with Crippen molar-refractivity contribution >= 4 is 11.4 Å². The second kappa shape index (κ2) is 6.68. The molecule has 0 spiro atoms. The fourth-order valence-corrected chi connectivity index (χ4v) is 6.11. The van der Waals surface area contributed by atoms with Gasteiger partial charge in [-0.05, 0) is 68.2 Å². The van der Waals surface area contributed by atoms with Crippen molar-refractivity contribution < 1.29 is 19.3 Å². The lowest BCUT2D eigenvalue weighted by atomic mass is 9.52. The van der Waals surface area contributed by atoms with E-state index in [4.69, 9.17) is 9.47 Å². The Balaban J connectivity index is 1.37. The third-order valence-corrected chi connectivity index (χ3v) is 6.72. The molecule has 6 rings (SSSR count). The van der Waals surface area contributed by atoms with Crippen molar-refractivity contribution in [2.24, 2.45) is 11.8 Å². The van der Waals surface area contributed by atoms with E-state index < -0.39 is 9.85 Å². The molecule has 156 valence electrons. The van der Waals surface area contributed by atoms with Gasteiger partial charge in [-0.15, -0.1) is 0 Å². The third-order valence-electron chi connectivity index (χ3n) is 6.72. The van der Waals surface area contributed by atoms with Crippen LogP contribution in [-0.4, -0.2) is 21.0 Å². The summed E-state index contributed by atoms with van der Waals surface area (Å²) in [5.41, 5.74) is -0.571. The molecule has 0 aliphatic heterocycles. The summed E-state index contributed by atoms with van der Waals surface area (Å²) in [5, 5.41) is 21.8. The van der Waals surface area contributed by atoms with Crippen LogP contribution in [0, 0.1) is 32.1 Å². The Morgan fingerprint density at radius 3 is 1.40 bits per heavy atom. The van der Waals surface area contributed by atoms with Gasteiger partial charge in [0.05, 0.1) is 9.85 Å². The summed E-state index contributed by atoms with van der Waals surface area (Å²) in [6.07, 6.45) is 5.78. The zero-order valence-electron chi connectivity index (χ0n) is 16.4. The fourth-order valence-electron chi connectivity index (χ4n) is 6.11. The van der Waals surface area contributed by atoms with Crippen LogP contribution in [-0.2, 0) is 0 Å². The summed E-state index contributed by atoms with van der Waals surface area (Å²) < 4.78 is 12.9. The van der Waals surface area contributed by atoms with E-state index in [2.05, 4.69) is 0 Å². The van der Waals surface area contributed by atoms with Gasteiger partial charge < -0.3 is 9.47 Å². The lowest BCUT2D eigenvalue weighted by Gasteiger charge is -2.60. The van der Waals surface area contributed by atoms with Gasteiger partial charge in [0.1, 0.15) is 22.7 Å². The number of rotatable bonds is 6. The summed E-state index contributed by atoms with van der Waals surface area (Å²) in [4.78, 5) is 21.0. The quantitative estimate of drug-likeness (QED) is 0.487. The Labute approximate surface area is 173 Å². The van der Waals surface area contributed by atoms with E-state index in [1.54, 1.807) is 24.3 Å². The Bertz CT molecular complexity index is 896. The number of non-ortho nitro benzene ring substituents is 2. The number of hydrogen-bond acceptors (Lipinski definition) is 6. The maximum Gasteiger partial charge on any atom is 0.269 e. The molecule has 0 saturated heterocycles. The van der Waals surface area contributed by atoms with Gasteiger partial charge in [-0.3, -0.25) is 20.2 Å². The van der Waals surface area contributed by atoms with E-state index in [9.17, 15) is 20.2 Å². The molecule has 4 bridgehead atoms. The first-order valence-corrected chi connectivity index (χ1v) is 10.2. The standard InChI is InChI=1S/C22H22N2O6/c25-23(26)17-1-5-19(6-2-17)29-21-10-15-9-16(11-21)13-22(12-15,14-21)30-20-7-3-18(4-8-20)24(27)28/h1-8,15-16H,9-14H2. The average Bonchev–Trinajstić information content (AvgIpc) is 2.67. The Morgan fingerprint density at radius 2 is 1.07 bits per heavy atom. The summed E-state index contributed by atoms with van der Waals surface area (Å²) >= 11 is 0. The number of nitro groups is 2.